The van der Waals surface area contributed by atoms with Crippen molar-refractivity contribution in [3.63, 3.8) is 0 Å². The number of carbonyl (C=O) groups is 1. The molecule has 0 saturated carbocycles. The number of hydrogen-bond donors (Lipinski definition) is 0. The van der Waals surface area contributed by atoms with Crippen molar-refractivity contribution in [3.05, 3.63) is 29.6 Å². The van der Waals surface area contributed by atoms with Crippen molar-refractivity contribution in [1.82, 2.24) is 4.98 Å². The molecule has 0 unspecified atom stereocenters. The summed E-state index contributed by atoms with van der Waals surface area (Å²) < 4.78 is 5.12. The molecule has 0 atom stereocenters. The maximum absolute atomic E-state index is 11.2. The minimum Gasteiger partial charge on any atom is -0.449 e. The number of esters is 1. The molecular formula is C9H9NO2. The van der Waals surface area contributed by atoms with Gasteiger partial charge in [-0.3, -0.25) is 4.98 Å². The molecule has 62 valence electrons. The lowest BCUT2D eigenvalue weighted by atomic mass is 10.0. The van der Waals surface area contributed by atoms with E-state index in [1.54, 1.807) is 18.3 Å². The number of fused-ring (bicyclic) bond motifs is 1. The number of aromatic nitrogens is 1. The van der Waals surface area contributed by atoms with Crippen molar-refractivity contribution >= 4 is 5.97 Å². The van der Waals surface area contributed by atoms with E-state index in [9.17, 15) is 4.79 Å². The van der Waals surface area contributed by atoms with Gasteiger partial charge in [-0.15, -0.1) is 0 Å². The first-order chi connectivity index (χ1) is 5.61. The molecule has 3 heteroatoms. The van der Waals surface area contributed by atoms with E-state index in [2.05, 4.69) is 4.98 Å². The van der Waals surface area contributed by atoms with Gasteiger partial charge in [-0.25, -0.2) is 4.79 Å². The van der Waals surface area contributed by atoms with Gasteiger partial charge in [0.2, 0.25) is 0 Å². The van der Waals surface area contributed by atoms with E-state index in [-0.39, 0.29) is 5.97 Å². The molecular weight excluding hydrogens is 154 g/mol. The molecule has 0 spiro atoms. The lowest BCUT2D eigenvalue weighted by Gasteiger charge is -2.15. The molecule has 12 heavy (non-hydrogen) atoms. The number of carbonyl (C=O) groups excluding carboxylic acids is 1. The molecule has 0 amide bonds. The molecule has 2 rings (SSSR count). The lowest BCUT2D eigenvalue weighted by Crippen LogP contribution is -2.17. The topological polar surface area (TPSA) is 39.2 Å². The normalized spacial score (nSPS) is 18.7. The molecule has 0 aliphatic carbocycles. The Morgan fingerprint density at radius 3 is 2.92 bits per heavy atom. The van der Waals surface area contributed by atoms with Crippen molar-refractivity contribution in [2.75, 3.05) is 0 Å². The summed E-state index contributed by atoms with van der Waals surface area (Å²) in [5.74, 6) is -0.275. The predicted octanol–water partition coefficient (Wildman–Crippen LogP) is 1.49. The van der Waals surface area contributed by atoms with Gasteiger partial charge in [0.05, 0.1) is 11.3 Å². The fourth-order valence-corrected chi connectivity index (χ4v) is 1.38. The smallest absolute Gasteiger partial charge is 0.341 e. The zero-order chi connectivity index (χ0) is 8.77. The highest BCUT2D eigenvalue weighted by Crippen LogP contribution is 2.33. The second kappa shape index (κ2) is 2.06. The highest BCUT2D eigenvalue weighted by atomic mass is 16.6. The van der Waals surface area contributed by atoms with Gasteiger partial charge in [0.15, 0.2) is 0 Å². The molecule has 1 aromatic heterocycles. The van der Waals surface area contributed by atoms with E-state index in [1.165, 1.54) is 0 Å². The predicted molar refractivity (Wildman–Crippen MR) is 42.7 cm³/mol. The van der Waals surface area contributed by atoms with Crippen molar-refractivity contribution in [1.29, 1.82) is 0 Å². The van der Waals surface area contributed by atoms with Gasteiger partial charge < -0.3 is 4.74 Å². The highest BCUT2D eigenvalue weighted by Gasteiger charge is 2.38. The first-order valence-electron chi connectivity index (χ1n) is 3.80. The SMILES string of the molecule is CC1(C)OC(=O)c2cccnc21. The van der Waals surface area contributed by atoms with Gasteiger partial charge in [-0.1, -0.05) is 0 Å². The zero-order valence-corrected chi connectivity index (χ0v) is 7.00. The van der Waals surface area contributed by atoms with Crippen LogP contribution in [0.25, 0.3) is 0 Å². The van der Waals surface area contributed by atoms with E-state index in [0.29, 0.717) is 5.56 Å². The molecule has 1 aliphatic rings. The van der Waals surface area contributed by atoms with Gasteiger partial charge in [0, 0.05) is 6.20 Å². The van der Waals surface area contributed by atoms with E-state index in [1.807, 2.05) is 13.8 Å². The molecule has 1 aliphatic heterocycles. The molecule has 0 saturated heterocycles. The van der Waals surface area contributed by atoms with Gasteiger partial charge >= 0.3 is 5.97 Å². The quantitative estimate of drug-likeness (QED) is 0.544. The Bertz CT molecular complexity index is 344. The number of pyridine rings is 1. The standard InChI is InChI=1S/C9H9NO2/c1-9(2)7-6(8(11)12-9)4-3-5-10-7/h3-5H,1-2H3. The summed E-state index contributed by atoms with van der Waals surface area (Å²) in [5, 5.41) is 0. The van der Waals surface area contributed by atoms with Gasteiger partial charge in [0.25, 0.3) is 0 Å². The van der Waals surface area contributed by atoms with Crippen LogP contribution in [0.4, 0.5) is 0 Å². The third-order valence-electron chi connectivity index (χ3n) is 1.95. The molecule has 0 bridgehead atoms. The summed E-state index contributed by atoms with van der Waals surface area (Å²) in [6.07, 6.45) is 1.67. The summed E-state index contributed by atoms with van der Waals surface area (Å²) in [4.78, 5) is 15.3. The summed E-state index contributed by atoms with van der Waals surface area (Å²) in [5.41, 5.74) is 0.755. The third-order valence-corrected chi connectivity index (χ3v) is 1.95. The van der Waals surface area contributed by atoms with Crippen LogP contribution in [0, 0.1) is 0 Å². The fourth-order valence-electron chi connectivity index (χ4n) is 1.38. The van der Waals surface area contributed by atoms with Crippen molar-refractivity contribution in [3.8, 4) is 0 Å². The number of cyclic esters (lactones) is 1. The first-order valence-corrected chi connectivity index (χ1v) is 3.80. The lowest BCUT2D eigenvalue weighted by molar-refractivity contribution is 0.00832. The third kappa shape index (κ3) is 0.826. The maximum Gasteiger partial charge on any atom is 0.341 e. The Labute approximate surface area is 70.4 Å². The second-order valence-corrected chi connectivity index (χ2v) is 3.30. The van der Waals surface area contributed by atoms with Crippen LogP contribution < -0.4 is 0 Å². The van der Waals surface area contributed by atoms with E-state index < -0.39 is 5.60 Å². The van der Waals surface area contributed by atoms with Crippen LogP contribution in [0.2, 0.25) is 0 Å². The Morgan fingerprint density at radius 1 is 1.50 bits per heavy atom. The van der Waals surface area contributed by atoms with E-state index in [0.717, 1.165) is 5.69 Å². The van der Waals surface area contributed by atoms with Crippen LogP contribution in [-0.4, -0.2) is 11.0 Å². The monoisotopic (exact) mass is 163 g/mol. The summed E-state index contributed by atoms with van der Waals surface area (Å²) in [6, 6.07) is 3.47. The summed E-state index contributed by atoms with van der Waals surface area (Å²) >= 11 is 0. The minimum absolute atomic E-state index is 0.275. The molecule has 1 aromatic rings. The highest BCUT2D eigenvalue weighted by molar-refractivity contribution is 5.93. The molecule has 2 heterocycles. The zero-order valence-electron chi connectivity index (χ0n) is 7.00. The molecule has 0 fully saturated rings. The first kappa shape index (κ1) is 7.28. The summed E-state index contributed by atoms with van der Waals surface area (Å²) in [7, 11) is 0. The van der Waals surface area contributed by atoms with Gasteiger partial charge in [0.1, 0.15) is 5.60 Å². The van der Waals surface area contributed by atoms with Crippen LogP contribution >= 0.6 is 0 Å². The maximum atomic E-state index is 11.2. The number of rotatable bonds is 0. The molecule has 3 nitrogen and oxygen atoms in total. The number of ether oxygens (including phenoxy) is 1. The molecule has 0 N–H and O–H groups in total. The average Bonchev–Trinajstić information content (AvgIpc) is 2.25. The van der Waals surface area contributed by atoms with Crippen LogP contribution in [0.1, 0.15) is 29.9 Å². The van der Waals surface area contributed by atoms with E-state index >= 15 is 0 Å². The van der Waals surface area contributed by atoms with Crippen molar-refractivity contribution < 1.29 is 9.53 Å². The van der Waals surface area contributed by atoms with E-state index in [4.69, 9.17) is 4.74 Å². The van der Waals surface area contributed by atoms with Gasteiger partial charge in [-0.05, 0) is 26.0 Å². The molecule has 0 aromatic carbocycles. The van der Waals surface area contributed by atoms with Crippen LogP contribution in [0.3, 0.4) is 0 Å². The number of hydrogen-bond acceptors (Lipinski definition) is 3. The van der Waals surface area contributed by atoms with Crippen LogP contribution in [0.5, 0.6) is 0 Å². The second-order valence-electron chi connectivity index (χ2n) is 3.30. The van der Waals surface area contributed by atoms with Gasteiger partial charge in [-0.2, -0.15) is 0 Å². The van der Waals surface area contributed by atoms with Crippen molar-refractivity contribution in [2.24, 2.45) is 0 Å². The summed E-state index contributed by atoms with van der Waals surface area (Å²) in [6.45, 7) is 3.67. The fraction of sp³-hybridized carbons (Fsp3) is 0.333. The Balaban J connectivity index is 2.66. The Hall–Kier alpha value is -1.38. The van der Waals surface area contributed by atoms with Crippen molar-refractivity contribution in [2.45, 2.75) is 19.4 Å². The largest absolute Gasteiger partial charge is 0.449 e. The Kier molecular flexibility index (Phi) is 1.25. The van der Waals surface area contributed by atoms with Crippen LogP contribution in [-0.2, 0) is 10.3 Å². The average molecular weight is 163 g/mol. The number of nitrogens with zero attached hydrogens (tertiary/aromatic N) is 1. The Morgan fingerprint density at radius 2 is 2.25 bits per heavy atom. The molecule has 0 radical (unpaired) electrons. The van der Waals surface area contributed by atoms with Crippen LogP contribution in [0.15, 0.2) is 18.3 Å². The minimum atomic E-state index is -0.562.